The van der Waals surface area contributed by atoms with Crippen LogP contribution in [0.2, 0.25) is 0 Å². The van der Waals surface area contributed by atoms with Crippen LogP contribution in [0, 0.1) is 0 Å². The van der Waals surface area contributed by atoms with E-state index in [4.69, 9.17) is 9.47 Å². The number of thioether (sulfide) groups is 1. The van der Waals surface area contributed by atoms with E-state index in [1.54, 1.807) is 11.8 Å². The molecule has 0 spiro atoms. The van der Waals surface area contributed by atoms with Crippen LogP contribution in [0.3, 0.4) is 0 Å². The largest absolute Gasteiger partial charge is 0.483 e. The smallest absolute Gasteiger partial charge is 0.302 e. The van der Waals surface area contributed by atoms with E-state index in [-0.39, 0.29) is 18.0 Å². The van der Waals surface area contributed by atoms with Crippen LogP contribution < -0.4 is 4.74 Å². The molecule has 0 heterocycles. The van der Waals surface area contributed by atoms with Gasteiger partial charge in [-0.2, -0.15) is 0 Å². The third-order valence-corrected chi connectivity index (χ3v) is 4.02. The molecule has 2 rings (SSSR count). The molecule has 0 aromatic heterocycles. The molecule has 0 bridgehead atoms. The Bertz CT molecular complexity index is 447. The average molecular weight is 294 g/mol. The van der Waals surface area contributed by atoms with Gasteiger partial charge in [0.2, 0.25) is 0 Å². The first-order valence-electron chi connectivity index (χ1n) is 7.10. The Balaban J connectivity index is 2.20. The molecule has 0 N–H and O–H groups in total. The summed E-state index contributed by atoms with van der Waals surface area (Å²) in [5.41, 5.74) is 1.17. The first-order chi connectivity index (χ1) is 9.72. The fourth-order valence-electron chi connectivity index (χ4n) is 2.85. The minimum absolute atomic E-state index is 0.0136. The summed E-state index contributed by atoms with van der Waals surface area (Å²) >= 11 is 1.66. The lowest BCUT2D eigenvalue weighted by molar-refractivity contribution is -0.148. The number of hydrogen-bond acceptors (Lipinski definition) is 4. The fourth-order valence-corrected chi connectivity index (χ4v) is 3.09. The zero-order valence-electron chi connectivity index (χ0n) is 12.1. The molecule has 0 amide bonds. The van der Waals surface area contributed by atoms with E-state index >= 15 is 0 Å². The summed E-state index contributed by atoms with van der Waals surface area (Å²) in [5, 5.41) is 0. The highest BCUT2D eigenvalue weighted by molar-refractivity contribution is 7.98. The van der Waals surface area contributed by atoms with Crippen molar-refractivity contribution in [2.45, 2.75) is 44.6 Å². The van der Waals surface area contributed by atoms with Crippen LogP contribution in [0.1, 0.15) is 44.1 Å². The Kier molecular flexibility index (Phi) is 5.77. The van der Waals surface area contributed by atoms with Crippen LogP contribution in [-0.2, 0) is 9.53 Å². The molecule has 110 valence electrons. The highest BCUT2D eigenvalue weighted by atomic mass is 32.2. The van der Waals surface area contributed by atoms with Crippen LogP contribution in [0.15, 0.2) is 24.3 Å². The number of hydrogen-bond donors (Lipinski definition) is 0. The third kappa shape index (κ3) is 3.92. The van der Waals surface area contributed by atoms with Gasteiger partial charge in [-0.25, -0.2) is 0 Å². The SMILES string of the molecule is CSCOc1ccccc1[C@H]1CCCC[C@@H]1OC(C)=O. The Hall–Kier alpha value is -1.16. The second-order valence-electron chi connectivity index (χ2n) is 5.13. The molecule has 1 saturated carbocycles. The third-order valence-electron chi connectivity index (χ3n) is 3.67. The lowest BCUT2D eigenvalue weighted by Crippen LogP contribution is -2.28. The van der Waals surface area contributed by atoms with Crippen molar-refractivity contribution >= 4 is 17.7 Å². The van der Waals surface area contributed by atoms with Crippen molar-refractivity contribution in [2.24, 2.45) is 0 Å². The molecule has 1 aliphatic carbocycles. The maximum absolute atomic E-state index is 11.3. The zero-order chi connectivity index (χ0) is 14.4. The Morgan fingerprint density at radius 1 is 1.30 bits per heavy atom. The van der Waals surface area contributed by atoms with Gasteiger partial charge in [-0.1, -0.05) is 24.6 Å². The van der Waals surface area contributed by atoms with E-state index in [9.17, 15) is 4.79 Å². The van der Waals surface area contributed by atoms with Gasteiger partial charge in [-0.15, -0.1) is 11.8 Å². The lowest BCUT2D eigenvalue weighted by Gasteiger charge is -2.32. The summed E-state index contributed by atoms with van der Waals surface area (Å²) in [4.78, 5) is 11.3. The van der Waals surface area contributed by atoms with Crippen molar-refractivity contribution < 1.29 is 14.3 Å². The van der Waals surface area contributed by atoms with Crippen LogP contribution >= 0.6 is 11.8 Å². The molecule has 1 fully saturated rings. The summed E-state index contributed by atoms with van der Waals surface area (Å²) in [5.74, 6) is 1.63. The molecule has 0 saturated heterocycles. The average Bonchev–Trinajstić information content (AvgIpc) is 2.45. The molecule has 1 aliphatic rings. The first-order valence-corrected chi connectivity index (χ1v) is 8.49. The summed E-state index contributed by atoms with van der Waals surface area (Å²) in [6.07, 6.45) is 6.31. The summed E-state index contributed by atoms with van der Waals surface area (Å²) in [6.45, 7) is 1.49. The number of esters is 1. The van der Waals surface area contributed by atoms with Gasteiger partial charge in [0.05, 0.1) is 0 Å². The van der Waals surface area contributed by atoms with Crippen molar-refractivity contribution in [3.8, 4) is 5.75 Å². The number of carbonyl (C=O) groups is 1. The summed E-state index contributed by atoms with van der Waals surface area (Å²) < 4.78 is 11.3. The van der Waals surface area contributed by atoms with Crippen LogP contribution in [0.5, 0.6) is 5.75 Å². The maximum Gasteiger partial charge on any atom is 0.302 e. The quantitative estimate of drug-likeness (QED) is 0.608. The first kappa shape index (κ1) is 15.2. The number of benzene rings is 1. The van der Waals surface area contributed by atoms with Gasteiger partial charge in [-0.3, -0.25) is 4.79 Å². The molecule has 2 atom stereocenters. The Morgan fingerprint density at radius 3 is 2.80 bits per heavy atom. The fraction of sp³-hybridized carbons (Fsp3) is 0.562. The van der Waals surface area contributed by atoms with Crippen molar-refractivity contribution in [1.82, 2.24) is 0 Å². The minimum Gasteiger partial charge on any atom is -0.483 e. The van der Waals surface area contributed by atoms with Crippen molar-refractivity contribution in [3.05, 3.63) is 29.8 Å². The molecule has 0 aliphatic heterocycles. The second kappa shape index (κ2) is 7.58. The molecule has 20 heavy (non-hydrogen) atoms. The van der Waals surface area contributed by atoms with E-state index in [0.717, 1.165) is 25.0 Å². The van der Waals surface area contributed by atoms with E-state index < -0.39 is 0 Å². The van der Waals surface area contributed by atoms with Crippen molar-refractivity contribution in [2.75, 3.05) is 12.2 Å². The Labute approximate surface area is 125 Å². The van der Waals surface area contributed by atoms with Crippen molar-refractivity contribution in [1.29, 1.82) is 0 Å². The van der Waals surface area contributed by atoms with Gasteiger partial charge < -0.3 is 9.47 Å². The predicted octanol–water partition coefficient (Wildman–Crippen LogP) is 3.98. The number of carbonyl (C=O) groups excluding carboxylic acids is 1. The normalized spacial score (nSPS) is 22.3. The molecule has 0 radical (unpaired) electrons. The van der Waals surface area contributed by atoms with Crippen LogP contribution in [-0.4, -0.2) is 24.3 Å². The highest BCUT2D eigenvalue weighted by Gasteiger charge is 2.30. The van der Waals surface area contributed by atoms with E-state index in [2.05, 4.69) is 6.07 Å². The molecule has 0 unspecified atom stereocenters. The molecular formula is C16H22O3S. The van der Waals surface area contributed by atoms with E-state index in [1.165, 1.54) is 18.9 Å². The van der Waals surface area contributed by atoms with E-state index in [1.807, 2.05) is 24.5 Å². The topological polar surface area (TPSA) is 35.5 Å². The number of para-hydroxylation sites is 1. The zero-order valence-corrected chi connectivity index (χ0v) is 12.9. The molecule has 1 aromatic rings. The molecule has 1 aromatic carbocycles. The highest BCUT2D eigenvalue weighted by Crippen LogP contribution is 2.39. The molecule has 4 heteroatoms. The van der Waals surface area contributed by atoms with Gasteiger partial charge in [-0.05, 0) is 31.6 Å². The minimum atomic E-state index is -0.190. The van der Waals surface area contributed by atoms with Crippen LogP contribution in [0.25, 0.3) is 0 Å². The maximum atomic E-state index is 11.3. The summed E-state index contributed by atoms with van der Waals surface area (Å²) in [7, 11) is 0. The monoisotopic (exact) mass is 294 g/mol. The lowest BCUT2D eigenvalue weighted by atomic mass is 9.81. The standard InChI is InChI=1S/C16H22O3S/c1-12(17)19-16-10-6-4-8-14(16)13-7-3-5-9-15(13)18-11-20-2/h3,5,7,9,14,16H,4,6,8,10-11H2,1-2H3/t14-,16+/m1/s1. The van der Waals surface area contributed by atoms with Crippen molar-refractivity contribution in [3.63, 3.8) is 0 Å². The van der Waals surface area contributed by atoms with Crippen LogP contribution in [0.4, 0.5) is 0 Å². The van der Waals surface area contributed by atoms with Gasteiger partial charge in [0.1, 0.15) is 17.8 Å². The molecule has 3 nitrogen and oxygen atoms in total. The Morgan fingerprint density at radius 2 is 2.05 bits per heavy atom. The van der Waals surface area contributed by atoms with Gasteiger partial charge in [0.25, 0.3) is 0 Å². The van der Waals surface area contributed by atoms with Gasteiger partial charge >= 0.3 is 5.97 Å². The van der Waals surface area contributed by atoms with E-state index in [0.29, 0.717) is 5.94 Å². The number of rotatable bonds is 5. The van der Waals surface area contributed by atoms with Gasteiger partial charge in [0.15, 0.2) is 0 Å². The van der Waals surface area contributed by atoms with Gasteiger partial charge in [0, 0.05) is 18.4 Å². The summed E-state index contributed by atoms with van der Waals surface area (Å²) in [6, 6.07) is 8.12. The predicted molar refractivity (Wildman–Crippen MR) is 82.2 cm³/mol. The number of ether oxygens (including phenoxy) is 2. The molecular weight excluding hydrogens is 272 g/mol. The second-order valence-corrected chi connectivity index (χ2v) is 5.94.